The number of pyridine rings is 1. The number of rotatable bonds is 2. The van der Waals surface area contributed by atoms with Gasteiger partial charge in [0.1, 0.15) is 11.6 Å². The molecule has 0 bridgehead atoms. The van der Waals surface area contributed by atoms with Crippen LogP contribution >= 0.6 is 11.6 Å². The van der Waals surface area contributed by atoms with Crippen molar-refractivity contribution < 1.29 is 8.78 Å². The molecule has 0 radical (unpaired) electrons. The number of nitriles is 1. The third kappa shape index (κ3) is 3.24. The van der Waals surface area contributed by atoms with Crippen LogP contribution in [0.4, 0.5) is 8.78 Å². The number of nitrogens with one attached hydrogen (secondary N) is 1. The molecule has 0 spiro atoms. The maximum absolute atomic E-state index is 15.1. The highest BCUT2D eigenvalue weighted by Crippen LogP contribution is 2.31. The number of benzene rings is 2. The SMILES string of the molecule is Cc1cnc(-c2c(F)cc3[nH]c(-c4cc(C#N)ccc4Cl)cc(=O)c3c2F)cn1. The Kier molecular flexibility index (Phi) is 4.57. The fraction of sp³-hybridized carbons (Fsp3) is 0.0476. The van der Waals surface area contributed by atoms with Gasteiger partial charge in [-0.1, -0.05) is 11.6 Å². The van der Waals surface area contributed by atoms with Gasteiger partial charge in [0.25, 0.3) is 0 Å². The van der Waals surface area contributed by atoms with Crippen molar-refractivity contribution in [1.29, 1.82) is 5.26 Å². The molecule has 0 fully saturated rings. The lowest BCUT2D eigenvalue weighted by molar-refractivity contribution is 0.596. The number of halogens is 3. The van der Waals surface area contributed by atoms with Crippen molar-refractivity contribution in [2.75, 3.05) is 0 Å². The van der Waals surface area contributed by atoms with E-state index in [2.05, 4.69) is 15.0 Å². The van der Waals surface area contributed by atoms with Crippen LogP contribution in [0.25, 0.3) is 33.4 Å². The molecule has 4 aromatic rings. The van der Waals surface area contributed by atoms with E-state index in [1.165, 1.54) is 30.6 Å². The highest BCUT2D eigenvalue weighted by Gasteiger charge is 2.20. The van der Waals surface area contributed by atoms with Crippen LogP contribution in [0.15, 0.2) is 47.5 Å². The highest BCUT2D eigenvalue weighted by molar-refractivity contribution is 6.33. The predicted molar refractivity (Wildman–Crippen MR) is 105 cm³/mol. The van der Waals surface area contributed by atoms with Gasteiger partial charge in [0, 0.05) is 22.8 Å². The van der Waals surface area contributed by atoms with Crippen LogP contribution < -0.4 is 5.43 Å². The molecule has 4 rings (SSSR count). The minimum atomic E-state index is -1.03. The van der Waals surface area contributed by atoms with E-state index in [1.54, 1.807) is 6.92 Å². The van der Waals surface area contributed by atoms with Gasteiger partial charge in [-0.2, -0.15) is 5.26 Å². The molecule has 0 atom stereocenters. The number of nitrogens with zero attached hydrogens (tertiary/aromatic N) is 3. The molecule has 8 heteroatoms. The molecule has 0 amide bonds. The number of hydrogen-bond donors (Lipinski definition) is 1. The summed E-state index contributed by atoms with van der Waals surface area (Å²) in [6.07, 6.45) is 2.63. The summed E-state index contributed by atoms with van der Waals surface area (Å²) in [5.74, 6) is -1.92. The zero-order chi connectivity index (χ0) is 20.7. The van der Waals surface area contributed by atoms with Gasteiger partial charge in [-0.3, -0.25) is 14.8 Å². The Morgan fingerprint density at radius 3 is 2.62 bits per heavy atom. The van der Waals surface area contributed by atoms with E-state index in [4.69, 9.17) is 16.9 Å². The monoisotopic (exact) mass is 408 g/mol. The van der Waals surface area contributed by atoms with E-state index in [0.29, 0.717) is 16.8 Å². The summed E-state index contributed by atoms with van der Waals surface area (Å²) in [6, 6.07) is 8.70. The number of aryl methyl sites for hydroxylation is 1. The Labute approximate surface area is 168 Å². The molecule has 0 aliphatic carbocycles. The van der Waals surface area contributed by atoms with Gasteiger partial charge < -0.3 is 4.98 Å². The topological polar surface area (TPSA) is 82.4 Å². The summed E-state index contributed by atoms with van der Waals surface area (Å²) in [5, 5.41) is 9.06. The average molecular weight is 409 g/mol. The molecular formula is C21H11ClF2N4O. The van der Waals surface area contributed by atoms with Crippen molar-refractivity contribution in [2.45, 2.75) is 6.92 Å². The van der Waals surface area contributed by atoms with Gasteiger partial charge in [-0.25, -0.2) is 8.78 Å². The Morgan fingerprint density at radius 2 is 1.93 bits per heavy atom. The lowest BCUT2D eigenvalue weighted by atomic mass is 10.0. The molecule has 0 saturated heterocycles. The van der Waals surface area contributed by atoms with Crippen molar-refractivity contribution >= 4 is 22.5 Å². The molecule has 5 nitrogen and oxygen atoms in total. The third-order valence-corrected chi connectivity index (χ3v) is 4.76. The maximum Gasteiger partial charge on any atom is 0.193 e. The van der Waals surface area contributed by atoms with Crippen molar-refractivity contribution in [1.82, 2.24) is 15.0 Å². The van der Waals surface area contributed by atoms with Crippen LogP contribution in [0.1, 0.15) is 11.3 Å². The fourth-order valence-corrected chi connectivity index (χ4v) is 3.27. The van der Waals surface area contributed by atoms with E-state index in [0.717, 1.165) is 12.1 Å². The Hall–Kier alpha value is -3.63. The van der Waals surface area contributed by atoms with Gasteiger partial charge in [0.05, 0.1) is 51.4 Å². The maximum atomic E-state index is 15.1. The van der Waals surface area contributed by atoms with Crippen LogP contribution in [-0.2, 0) is 0 Å². The largest absolute Gasteiger partial charge is 0.354 e. The lowest BCUT2D eigenvalue weighted by Crippen LogP contribution is -2.08. The van der Waals surface area contributed by atoms with Crippen LogP contribution in [0.5, 0.6) is 0 Å². The second-order valence-electron chi connectivity index (χ2n) is 6.37. The summed E-state index contributed by atoms with van der Waals surface area (Å²) in [5.41, 5.74) is 0.403. The lowest BCUT2D eigenvalue weighted by Gasteiger charge is -2.11. The second kappa shape index (κ2) is 7.08. The van der Waals surface area contributed by atoms with E-state index in [-0.39, 0.29) is 27.3 Å². The molecule has 0 saturated carbocycles. The van der Waals surface area contributed by atoms with Crippen LogP contribution in [0.2, 0.25) is 5.02 Å². The predicted octanol–water partition coefficient (Wildman–Crippen LogP) is 4.76. The molecule has 142 valence electrons. The van der Waals surface area contributed by atoms with E-state index < -0.39 is 22.6 Å². The minimum absolute atomic E-state index is 0.0132. The van der Waals surface area contributed by atoms with Crippen molar-refractivity contribution in [3.63, 3.8) is 0 Å². The molecule has 0 aliphatic rings. The van der Waals surface area contributed by atoms with Crippen molar-refractivity contribution in [3.8, 4) is 28.6 Å². The Balaban J connectivity index is 1.98. The molecule has 0 aliphatic heterocycles. The van der Waals surface area contributed by atoms with Gasteiger partial charge in [0.15, 0.2) is 5.43 Å². The number of hydrogen-bond acceptors (Lipinski definition) is 4. The van der Waals surface area contributed by atoms with E-state index in [1.807, 2.05) is 6.07 Å². The zero-order valence-corrected chi connectivity index (χ0v) is 15.7. The fourth-order valence-electron chi connectivity index (χ4n) is 3.05. The molecule has 29 heavy (non-hydrogen) atoms. The Morgan fingerprint density at radius 1 is 1.14 bits per heavy atom. The van der Waals surface area contributed by atoms with Gasteiger partial charge in [-0.05, 0) is 31.2 Å². The summed E-state index contributed by atoms with van der Waals surface area (Å²) in [4.78, 5) is 23.5. The zero-order valence-electron chi connectivity index (χ0n) is 14.9. The first kappa shape index (κ1) is 18.7. The van der Waals surface area contributed by atoms with E-state index >= 15 is 4.39 Å². The normalized spacial score (nSPS) is 10.9. The molecular weight excluding hydrogens is 398 g/mol. The first-order valence-electron chi connectivity index (χ1n) is 8.43. The summed E-state index contributed by atoms with van der Waals surface area (Å²) in [6.45, 7) is 1.70. The van der Waals surface area contributed by atoms with E-state index in [9.17, 15) is 9.18 Å². The standard InChI is InChI=1S/C21H11ClF2N4O/c1-10-8-27-17(9-26-10)19-14(23)5-16-20(21(19)24)18(29)6-15(28-16)12-4-11(7-25)2-3-13(12)22/h2-6,8-9H,1H3,(H,28,29). The highest BCUT2D eigenvalue weighted by atomic mass is 35.5. The quantitative estimate of drug-likeness (QED) is 0.518. The van der Waals surface area contributed by atoms with Crippen molar-refractivity contribution in [3.05, 3.63) is 80.9 Å². The Bertz CT molecular complexity index is 1380. The van der Waals surface area contributed by atoms with Crippen LogP contribution in [0.3, 0.4) is 0 Å². The summed E-state index contributed by atoms with van der Waals surface area (Å²) < 4.78 is 29.8. The smallest absolute Gasteiger partial charge is 0.193 e. The third-order valence-electron chi connectivity index (χ3n) is 4.43. The summed E-state index contributed by atoms with van der Waals surface area (Å²) >= 11 is 6.18. The second-order valence-corrected chi connectivity index (χ2v) is 6.77. The van der Waals surface area contributed by atoms with Crippen molar-refractivity contribution in [2.24, 2.45) is 0 Å². The van der Waals surface area contributed by atoms with Crippen LogP contribution in [-0.4, -0.2) is 15.0 Å². The number of fused-ring (bicyclic) bond motifs is 1. The molecule has 0 unspecified atom stereocenters. The molecule has 1 N–H and O–H groups in total. The number of aromatic amines is 1. The van der Waals surface area contributed by atoms with Gasteiger partial charge in [0.2, 0.25) is 0 Å². The number of aromatic nitrogens is 3. The van der Waals surface area contributed by atoms with Gasteiger partial charge >= 0.3 is 0 Å². The molecule has 2 heterocycles. The molecule has 2 aromatic carbocycles. The first-order valence-corrected chi connectivity index (χ1v) is 8.81. The summed E-state index contributed by atoms with van der Waals surface area (Å²) in [7, 11) is 0. The first-order chi connectivity index (χ1) is 13.9. The van der Waals surface area contributed by atoms with Crippen LogP contribution in [0, 0.1) is 29.9 Å². The molecule has 2 aromatic heterocycles. The van der Waals surface area contributed by atoms with Gasteiger partial charge in [-0.15, -0.1) is 0 Å². The number of H-pyrrole nitrogens is 1. The average Bonchev–Trinajstić information content (AvgIpc) is 2.69. The minimum Gasteiger partial charge on any atom is -0.354 e.